The molecule has 0 aromatic heterocycles. The van der Waals surface area contributed by atoms with E-state index in [1.807, 2.05) is 48.5 Å². The number of amides is 1. The number of carbonyl (C=O) groups excluding carboxylic acids is 2. The number of hydrogen-bond donors (Lipinski definition) is 0. The van der Waals surface area contributed by atoms with E-state index in [1.165, 1.54) is 0 Å². The van der Waals surface area contributed by atoms with Gasteiger partial charge in [-0.1, -0.05) is 60.7 Å². The lowest BCUT2D eigenvalue weighted by atomic mass is 10.1. The lowest BCUT2D eigenvalue weighted by Gasteiger charge is -2.12. The minimum Gasteiger partial charge on any atom is -0.444 e. The molecule has 0 aliphatic carbocycles. The van der Waals surface area contributed by atoms with Crippen molar-refractivity contribution in [3.05, 3.63) is 71.8 Å². The summed E-state index contributed by atoms with van der Waals surface area (Å²) in [6.07, 6.45) is 0.552. The van der Waals surface area contributed by atoms with Crippen molar-refractivity contribution >= 4 is 11.9 Å². The van der Waals surface area contributed by atoms with Crippen LogP contribution in [0.25, 0.3) is 0 Å². The molecule has 1 unspecified atom stereocenters. The fraction of sp³-hybridized carbons (Fsp3) is 0.263. The lowest BCUT2D eigenvalue weighted by Crippen LogP contribution is -2.28. The molecule has 1 atom stereocenters. The van der Waals surface area contributed by atoms with Crippen LogP contribution < -0.4 is 0 Å². The zero-order valence-corrected chi connectivity index (χ0v) is 12.9. The van der Waals surface area contributed by atoms with Crippen molar-refractivity contribution in [2.24, 2.45) is 0 Å². The number of nitrogens with zero attached hydrogens (tertiary/aromatic N) is 1. The molecule has 0 spiro atoms. The summed E-state index contributed by atoms with van der Waals surface area (Å²) < 4.78 is 5.39. The maximum atomic E-state index is 12.1. The van der Waals surface area contributed by atoms with Crippen LogP contribution in [0.5, 0.6) is 0 Å². The summed E-state index contributed by atoms with van der Waals surface area (Å²) in [4.78, 5) is 25.6. The van der Waals surface area contributed by atoms with E-state index in [0.29, 0.717) is 31.5 Å². The summed E-state index contributed by atoms with van der Waals surface area (Å²) in [7, 11) is 0. The van der Waals surface area contributed by atoms with Crippen molar-refractivity contribution in [3.8, 4) is 0 Å². The van der Waals surface area contributed by atoms with Crippen molar-refractivity contribution in [2.75, 3.05) is 13.1 Å². The Bertz CT molecular complexity index is 670. The van der Waals surface area contributed by atoms with Crippen molar-refractivity contribution in [2.45, 2.75) is 18.9 Å². The molecule has 4 nitrogen and oxygen atoms in total. The molecule has 2 aromatic rings. The fourth-order valence-corrected chi connectivity index (χ4v) is 2.75. The van der Waals surface area contributed by atoms with Gasteiger partial charge in [-0.3, -0.25) is 4.79 Å². The second-order valence-corrected chi connectivity index (χ2v) is 5.68. The van der Waals surface area contributed by atoms with E-state index < -0.39 is 0 Å². The van der Waals surface area contributed by atoms with Crippen molar-refractivity contribution in [3.63, 3.8) is 0 Å². The van der Waals surface area contributed by atoms with Gasteiger partial charge < -0.3 is 9.64 Å². The summed E-state index contributed by atoms with van der Waals surface area (Å²) in [6, 6.07) is 19.1. The van der Waals surface area contributed by atoms with Gasteiger partial charge in [-0.05, 0) is 5.56 Å². The maximum absolute atomic E-state index is 12.1. The van der Waals surface area contributed by atoms with Crippen LogP contribution in [-0.4, -0.2) is 36.0 Å². The molecule has 0 saturated carbocycles. The van der Waals surface area contributed by atoms with Gasteiger partial charge in [0.05, 0.1) is 6.54 Å². The molecule has 23 heavy (non-hydrogen) atoms. The van der Waals surface area contributed by atoms with E-state index in [4.69, 9.17) is 4.74 Å². The van der Waals surface area contributed by atoms with Crippen LogP contribution in [0.4, 0.5) is 4.79 Å². The number of ketones is 1. The number of benzene rings is 2. The molecule has 2 aromatic carbocycles. The Hall–Kier alpha value is -2.62. The van der Waals surface area contributed by atoms with E-state index in [0.717, 1.165) is 5.56 Å². The highest BCUT2D eigenvalue weighted by atomic mass is 16.6. The van der Waals surface area contributed by atoms with Gasteiger partial charge in [0.1, 0.15) is 6.10 Å². The lowest BCUT2D eigenvalue weighted by molar-refractivity contribution is 0.0970. The van der Waals surface area contributed by atoms with Gasteiger partial charge in [0, 0.05) is 24.9 Å². The van der Waals surface area contributed by atoms with Gasteiger partial charge in [0.15, 0.2) is 5.78 Å². The molecule has 3 rings (SSSR count). The fourth-order valence-electron chi connectivity index (χ4n) is 2.75. The average molecular weight is 309 g/mol. The third-order valence-corrected chi connectivity index (χ3v) is 3.96. The molecule has 1 aliphatic heterocycles. The van der Waals surface area contributed by atoms with Crippen LogP contribution in [0, 0.1) is 0 Å². The maximum Gasteiger partial charge on any atom is 0.410 e. The van der Waals surface area contributed by atoms with Crippen LogP contribution in [0.1, 0.15) is 22.3 Å². The average Bonchev–Trinajstić information content (AvgIpc) is 2.94. The zero-order chi connectivity index (χ0) is 16.1. The first-order chi connectivity index (χ1) is 11.2. The first kappa shape index (κ1) is 15.3. The smallest absolute Gasteiger partial charge is 0.410 e. The minimum absolute atomic E-state index is 0.0462. The molecule has 0 bridgehead atoms. The normalized spacial score (nSPS) is 17.1. The van der Waals surface area contributed by atoms with Crippen LogP contribution in [0.2, 0.25) is 0 Å². The molecule has 1 heterocycles. The number of ether oxygens (including phenoxy) is 1. The van der Waals surface area contributed by atoms with Crippen molar-refractivity contribution < 1.29 is 14.3 Å². The van der Waals surface area contributed by atoms with Crippen LogP contribution >= 0.6 is 0 Å². The molecule has 118 valence electrons. The number of rotatable bonds is 6. The Kier molecular flexibility index (Phi) is 4.71. The Balaban J connectivity index is 1.51. The Morgan fingerprint density at radius 2 is 1.70 bits per heavy atom. The first-order valence-electron chi connectivity index (χ1n) is 7.80. The van der Waals surface area contributed by atoms with E-state index in [9.17, 15) is 9.59 Å². The monoisotopic (exact) mass is 309 g/mol. The summed E-state index contributed by atoms with van der Waals surface area (Å²) in [5, 5.41) is 0. The minimum atomic E-state index is -0.327. The molecular weight excluding hydrogens is 290 g/mol. The number of Topliss-reactive ketones (excluding diaryl/α,β-unsaturated/α-hetero) is 1. The predicted molar refractivity (Wildman–Crippen MR) is 87.4 cm³/mol. The Labute approximate surface area is 135 Å². The van der Waals surface area contributed by atoms with Gasteiger partial charge in [-0.15, -0.1) is 0 Å². The molecule has 1 saturated heterocycles. The van der Waals surface area contributed by atoms with Crippen LogP contribution in [-0.2, 0) is 11.2 Å². The number of cyclic esters (lactones) is 1. The van der Waals surface area contributed by atoms with Crippen molar-refractivity contribution in [1.29, 1.82) is 0 Å². The number of carbonyl (C=O) groups is 2. The largest absolute Gasteiger partial charge is 0.444 e. The molecular formula is C19H19NO3. The third-order valence-electron chi connectivity index (χ3n) is 3.96. The Morgan fingerprint density at radius 3 is 2.39 bits per heavy atom. The van der Waals surface area contributed by atoms with E-state index in [2.05, 4.69) is 0 Å². The summed E-state index contributed by atoms with van der Waals surface area (Å²) in [5.74, 6) is 0.0462. The molecule has 1 fully saturated rings. The molecule has 1 aliphatic rings. The number of hydrogen-bond acceptors (Lipinski definition) is 3. The standard InChI is InChI=1S/C19H19NO3/c21-18(16-9-5-2-6-10-16)11-12-20-14-17(23-19(20)22)13-15-7-3-1-4-8-15/h1-10,17H,11-14H2. The van der Waals surface area contributed by atoms with E-state index >= 15 is 0 Å². The third kappa shape index (κ3) is 3.97. The first-order valence-corrected chi connectivity index (χ1v) is 7.80. The van der Waals surface area contributed by atoms with Gasteiger partial charge in [-0.2, -0.15) is 0 Å². The Morgan fingerprint density at radius 1 is 1.04 bits per heavy atom. The zero-order valence-electron chi connectivity index (χ0n) is 12.9. The predicted octanol–water partition coefficient (Wildman–Crippen LogP) is 3.32. The van der Waals surface area contributed by atoms with Gasteiger partial charge in [0.25, 0.3) is 0 Å². The quantitative estimate of drug-likeness (QED) is 0.769. The molecule has 0 N–H and O–H groups in total. The SMILES string of the molecule is O=C(CCN1CC(Cc2ccccc2)OC1=O)c1ccccc1. The topological polar surface area (TPSA) is 46.6 Å². The highest BCUT2D eigenvalue weighted by Gasteiger charge is 2.31. The molecule has 0 radical (unpaired) electrons. The van der Waals surface area contributed by atoms with Gasteiger partial charge in [-0.25, -0.2) is 4.79 Å². The second-order valence-electron chi connectivity index (χ2n) is 5.68. The van der Waals surface area contributed by atoms with E-state index in [-0.39, 0.29) is 18.0 Å². The summed E-state index contributed by atoms with van der Waals surface area (Å²) >= 11 is 0. The van der Waals surface area contributed by atoms with Crippen LogP contribution in [0.3, 0.4) is 0 Å². The summed E-state index contributed by atoms with van der Waals surface area (Å²) in [6.45, 7) is 0.938. The van der Waals surface area contributed by atoms with Gasteiger partial charge >= 0.3 is 6.09 Å². The van der Waals surface area contributed by atoms with Crippen LogP contribution in [0.15, 0.2) is 60.7 Å². The van der Waals surface area contributed by atoms with Gasteiger partial charge in [0.2, 0.25) is 0 Å². The second kappa shape index (κ2) is 7.09. The molecule has 4 heteroatoms. The summed E-state index contributed by atoms with van der Waals surface area (Å²) in [5.41, 5.74) is 1.83. The van der Waals surface area contributed by atoms with Crippen molar-refractivity contribution in [1.82, 2.24) is 4.90 Å². The highest BCUT2D eigenvalue weighted by Crippen LogP contribution is 2.16. The molecule has 1 amide bonds. The highest BCUT2D eigenvalue weighted by molar-refractivity contribution is 5.96. The van der Waals surface area contributed by atoms with E-state index in [1.54, 1.807) is 17.0 Å².